The van der Waals surface area contributed by atoms with Crippen molar-refractivity contribution in [1.82, 2.24) is 0 Å². The van der Waals surface area contributed by atoms with Crippen LogP contribution in [0.15, 0.2) is 18.2 Å². The number of benzene rings is 1. The average molecular weight is 256 g/mol. The highest BCUT2D eigenvalue weighted by atomic mass is 35.5. The molecule has 1 amide bonds. The Morgan fingerprint density at radius 3 is 3.00 bits per heavy atom. The van der Waals surface area contributed by atoms with E-state index in [1.165, 1.54) is 12.1 Å². The minimum absolute atomic E-state index is 0.341. The van der Waals surface area contributed by atoms with Crippen molar-refractivity contribution in [3.63, 3.8) is 0 Å². The predicted octanol–water partition coefficient (Wildman–Crippen LogP) is 2.65. The Morgan fingerprint density at radius 1 is 1.71 bits per heavy atom. The Hall–Kier alpha value is -1.73. The van der Waals surface area contributed by atoms with Crippen LogP contribution in [0.25, 0.3) is 0 Å². The molecule has 0 spiro atoms. The maximum absolute atomic E-state index is 12.0. The number of carbonyl (C=O) groups excluding carboxylic acids is 1. The van der Waals surface area contributed by atoms with Gasteiger partial charge in [-0.2, -0.15) is 0 Å². The quantitative estimate of drug-likeness (QED) is 0.840. The Morgan fingerprint density at radius 2 is 2.41 bits per heavy atom. The van der Waals surface area contributed by atoms with Crippen molar-refractivity contribution >= 4 is 23.2 Å². The number of halogens is 2. The van der Waals surface area contributed by atoms with E-state index in [0.717, 1.165) is 0 Å². The molecule has 0 aromatic heterocycles. The third kappa shape index (κ3) is 3.97. The fourth-order valence-electron chi connectivity index (χ4n) is 1.09. The van der Waals surface area contributed by atoms with Crippen LogP contribution in [0.2, 0.25) is 5.02 Å². The topological polar surface area (TPSA) is 38.3 Å². The Bertz CT molecular complexity index is 456. The highest BCUT2D eigenvalue weighted by Gasteiger charge is 2.08. The number of ether oxygens (including phenoxy) is 1. The summed E-state index contributed by atoms with van der Waals surface area (Å²) in [6.07, 6.45) is 4.73. The van der Waals surface area contributed by atoms with Gasteiger partial charge in [0, 0.05) is 11.8 Å². The molecule has 0 aliphatic heterocycles. The van der Waals surface area contributed by atoms with Gasteiger partial charge in [-0.05, 0) is 19.1 Å². The van der Waals surface area contributed by atoms with Crippen LogP contribution in [0, 0.1) is 12.3 Å². The summed E-state index contributed by atoms with van der Waals surface area (Å²) >= 11 is 5.89. The van der Waals surface area contributed by atoms with Gasteiger partial charge in [0.15, 0.2) is 12.8 Å². The van der Waals surface area contributed by atoms with Crippen LogP contribution >= 0.6 is 11.6 Å². The maximum atomic E-state index is 12.0. The third-order valence-electron chi connectivity index (χ3n) is 1.87. The molecule has 0 aliphatic carbocycles. The molecule has 3 nitrogen and oxygen atoms in total. The third-order valence-corrected chi connectivity index (χ3v) is 2.19. The lowest BCUT2D eigenvalue weighted by atomic mass is 10.3. The van der Waals surface area contributed by atoms with Crippen LogP contribution in [0.5, 0.6) is 5.75 Å². The lowest BCUT2D eigenvalue weighted by Gasteiger charge is -2.12. The molecule has 0 heterocycles. The van der Waals surface area contributed by atoms with Crippen molar-refractivity contribution in [3.8, 4) is 18.1 Å². The SMILES string of the molecule is C#CC(C)Oc1cc(NC(=O)CF)ccc1Cl. The molecule has 90 valence electrons. The largest absolute Gasteiger partial charge is 0.476 e. The zero-order chi connectivity index (χ0) is 12.8. The first-order valence-corrected chi connectivity index (χ1v) is 5.22. The molecular formula is C12H11ClFNO2. The molecule has 17 heavy (non-hydrogen) atoms. The van der Waals surface area contributed by atoms with Gasteiger partial charge in [-0.1, -0.05) is 17.5 Å². The number of anilines is 1. The summed E-state index contributed by atoms with van der Waals surface area (Å²) in [5.74, 6) is 1.99. The Kier molecular flexibility index (Phi) is 4.80. The normalized spacial score (nSPS) is 11.4. The Balaban J connectivity index is 2.87. The number of rotatable bonds is 4. The van der Waals surface area contributed by atoms with Gasteiger partial charge in [-0.3, -0.25) is 4.79 Å². The van der Waals surface area contributed by atoms with Crippen molar-refractivity contribution in [2.75, 3.05) is 12.0 Å². The van der Waals surface area contributed by atoms with E-state index in [2.05, 4.69) is 11.2 Å². The van der Waals surface area contributed by atoms with Gasteiger partial charge in [0.05, 0.1) is 5.02 Å². The highest BCUT2D eigenvalue weighted by Crippen LogP contribution is 2.28. The molecule has 0 saturated carbocycles. The molecule has 1 aromatic rings. The van der Waals surface area contributed by atoms with Gasteiger partial charge in [0.2, 0.25) is 0 Å². The smallest absolute Gasteiger partial charge is 0.255 e. The van der Waals surface area contributed by atoms with Crippen molar-refractivity contribution in [3.05, 3.63) is 23.2 Å². The minimum Gasteiger partial charge on any atom is -0.476 e. The van der Waals surface area contributed by atoms with E-state index >= 15 is 0 Å². The molecule has 1 rings (SSSR count). The highest BCUT2D eigenvalue weighted by molar-refractivity contribution is 6.32. The molecule has 1 aromatic carbocycles. The molecule has 0 radical (unpaired) electrons. The molecule has 1 N–H and O–H groups in total. The van der Waals surface area contributed by atoms with E-state index in [0.29, 0.717) is 16.5 Å². The van der Waals surface area contributed by atoms with Gasteiger partial charge in [-0.15, -0.1) is 6.42 Å². The van der Waals surface area contributed by atoms with E-state index in [9.17, 15) is 9.18 Å². The molecule has 0 saturated heterocycles. The number of carbonyl (C=O) groups is 1. The fraction of sp³-hybridized carbons (Fsp3) is 0.250. The van der Waals surface area contributed by atoms with E-state index in [1.807, 2.05) is 0 Å². The van der Waals surface area contributed by atoms with Crippen LogP contribution < -0.4 is 10.1 Å². The van der Waals surface area contributed by atoms with Crippen molar-refractivity contribution in [1.29, 1.82) is 0 Å². The van der Waals surface area contributed by atoms with Crippen molar-refractivity contribution in [2.45, 2.75) is 13.0 Å². The number of alkyl halides is 1. The van der Waals surface area contributed by atoms with E-state index in [-0.39, 0.29) is 0 Å². The summed E-state index contributed by atoms with van der Waals surface area (Å²) in [6.45, 7) is 0.600. The number of nitrogens with one attached hydrogen (secondary N) is 1. The summed E-state index contributed by atoms with van der Waals surface area (Å²) in [5, 5.41) is 2.71. The molecule has 5 heteroatoms. The van der Waals surface area contributed by atoms with Gasteiger partial charge in [-0.25, -0.2) is 4.39 Å². The number of terminal acetylenes is 1. The second-order valence-electron chi connectivity index (χ2n) is 3.25. The molecule has 1 unspecified atom stereocenters. The first kappa shape index (κ1) is 13.3. The van der Waals surface area contributed by atoms with E-state index in [1.54, 1.807) is 13.0 Å². The molecule has 0 bridgehead atoms. The lowest BCUT2D eigenvalue weighted by Crippen LogP contribution is -2.13. The monoisotopic (exact) mass is 255 g/mol. The van der Waals surface area contributed by atoms with Gasteiger partial charge >= 0.3 is 0 Å². The average Bonchev–Trinajstić information content (AvgIpc) is 2.33. The van der Waals surface area contributed by atoms with Crippen LogP contribution in [0.4, 0.5) is 10.1 Å². The number of hydrogen-bond acceptors (Lipinski definition) is 2. The van der Waals surface area contributed by atoms with Crippen LogP contribution in [-0.2, 0) is 4.79 Å². The van der Waals surface area contributed by atoms with Crippen LogP contribution in [0.1, 0.15) is 6.92 Å². The second kappa shape index (κ2) is 6.12. The van der Waals surface area contributed by atoms with Crippen molar-refractivity contribution < 1.29 is 13.9 Å². The molecular weight excluding hydrogens is 245 g/mol. The molecule has 0 fully saturated rings. The summed E-state index contributed by atoms with van der Waals surface area (Å²) in [5.41, 5.74) is 0.399. The first-order valence-electron chi connectivity index (χ1n) is 4.85. The van der Waals surface area contributed by atoms with Gasteiger partial charge in [0.1, 0.15) is 5.75 Å². The van der Waals surface area contributed by atoms with Gasteiger partial charge in [0.25, 0.3) is 5.91 Å². The number of hydrogen-bond donors (Lipinski definition) is 1. The maximum Gasteiger partial charge on any atom is 0.255 e. The zero-order valence-electron chi connectivity index (χ0n) is 9.17. The van der Waals surface area contributed by atoms with Crippen LogP contribution in [0.3, 0.4) is 0 Å². The van der Waals surface area contributed by atoms with Crippen LogP contribution in [-0.4, -0.2) is 18.7 Å². The minimum atomic E-state index is -1.08. The Labute approximate surface area is 104 Å². The lowest BCUT2D eigenvalue weighted by molar-refractivity contribution is -0.117. The van der Waals surface area contributed by atoms with Gasteiger partial charge < -0.3 is 10.1 Å². The first-order chi connectivity index (χ1) is 8.06. The second-order valence-corrected chi connectivity index (χ2v) is 3.66. The standard InChI is InChI=1S/C12H11ClFNO2/c1-3-8(2)17-11-6-9(4-5-10(11)13)15-12(16)7-14/h1,4-6,8H,7H2,2H3,(H,15,16). The summed E-state index contributed by atoms with van der Waals surface area (Å²) in [7, 11) is 0. The summed E-state index contributed by atoms with van der Waals surface area (Å²) in [6, 6.07) is 4.57. The number of amides is 1. The molecule has 1 atom stereocenters. The summed E-state index contributed by atoms with van der Waals surface area (Å²) < 4.78 is 17.4. The van der Waals surface area contributed by atoms with E-state index in [4.69, 9.17) is 22.8 Å². The fourth-order valence-corrected chi connectivity index (χ4v) is 1.25. The van der Waals surface area contributed by atoms with E-state index < -0.39 is 18.7 Å². The zero-order valence-corrected chi connectivity index (χ0v) is 9.92. The predicted molar refractivity (Wildman–Crippen MR) is 65.0 cm³/mol. The van der Waals surface area contributed by atoms with Crippen molar-refractivity contribution in [2.24, 2.45) is 0 Å². The molecule has 0 aliphatic rings. The summed E-state index contributed by atoms with van der Waals surface area (Å²) in [4.78, 5) is 10.9.